The minimum absolute atomic E-state index is 0.0854. The highest BCUT2D eigenvalue weighted by Crippen LogP contribution is 2.36. The third-order valence-electron chi connectivity index (χ3n) is 6.00. The Morgan fingerprint density at radius 3 is 2.56 bits per heavy atom. The van der Waals surface area contributed by atoms with Crippen LogP contribution in [0.25, 0.3) is 11.1 Å². The zero-order chi connectivity index (χ0) is 28.1. The van der Waals surface area contributed by atoms with Crippen LogP contribution in [0.4, 0.5) is 5.00 Å². The van der Waals surface area contributed by atoms with Gasteiger partial charge in [-0.2, -0.15) is 0 Å². The van der Waals surface area contributed by atoms with Crippen molar-refractivity contribution in [2.45, 2.75) is 45.5 Å². The Balaban J connectivity index is 1.45. The van der Waals surface area contributed by atoms with E-state index in [2.05, 4.69) is 15.5 Å². The Kier molecular flexibility index (Phi) is 9.32. The monoisotopic (exact) mass is 584 g/mol. The number of aryl methyl sites for hydroxylation is 2. The average molecular weight is 585 g/mol. The lowest BCUT2D eigenvalue weighted by atomic mass is 10.0. The number of carbonyl (C=O) groups excluding carboxylic acids is 2. The van der Waals surface area contributed by atoms with Crippen molar-refractivity contribution in [2.75, 3.05) is 18.2 Å². The van der Waals surface area contributed by atoms with Crippen molar-refractivity contribution in [3.05, 3.63) is 75.4 Å². The molecule has 0 saturated carbocycles. The van der Waals surface area contributed by atoms with Gasteiger partial charge < -0.3 is 19.4 Å². The molecule has 1 N–H and O–H groups in total. The Morgan fingerprint density at radius 2 is 1.90 bits per heavy atom. The standard InChI is InChI=1S/C28H29ClN4O4S2/c1-6-33-25(18(4)37-20-11-12-22(29)17(3)13-20)31-32-28(33)39-15-23(34)30-26-24(27(35)36-5)21(14-38-26)19-9-7-16(2)8-10-19/h7-14,18H,6,15H2,1-5H3,(H,30,34). The van der Waals surface area contributed by atoms with E-state index >= 15 is 0 Å². The zero-order valence-electron chi connectivity index (χ0n) is 22.3. The van der Waals surface area contributed by atoms with Gasteiger partial charge in [0.1, 0.15) is 16.3 Å². The van der Waals surface area contributed by atoms with E-state index < -0.39 is 5.97 Å². The van der Waals surface area contributed by atoms with E-state index in [4.69, 9.17) is 21.1 Å². The third-order valence-corrected chi connectivity index (χ3v) is 8.28. The summed E-state index contributed by atoms with van der Waals surface area (Å²) in [6.45, 7) is 8.41. The van der Waals surface area contributed by atoms with Crippen LogP contribution in [0.5, 0.6) is 5.75 Å². The van der Waals surface area contributed by atoms with E-state index in [-0.39, 0.29) is 17.8 Å². The minimum atomic E-state index is -0.505. The normalized spacial score (nSPS) is 11.7. The van der Waals surface area contributed by atoms with Gasteiger partial charge in [-0.3, -0.25) is 4.79 Å². The second kappa shape index (κ2) is 12.7. The fourth-order valence-corrected chi connectivity index (χ4v) is 5.85. The van der Waals surface area contributed by atoms with Gasteiger partial charge in [-0.1, -0.05) is 53.2 Å². The third kappa shape index (κ3) is 6.63. The number of thioether (sulfide) groups is 1. The summed E-state index contributed by atoms with van der Waals surface area (Å²) in [4.78, 5) is 25.5. The number of carbonyl (C=O) groups is 2. The van der Waals surface area contributed by atoms with Gasteiger partial charge in [-0.25, -0.2) is 4.79 Å². The number of ether oxygens (including phenoxy) is 2. The van der Waals surface area contributed by atoms with Gasteiger partial charge in [-0.15, -0.1) is 21.5 Å². The van der Waals surface area contributed by atoms with E-state index in [1.807, 2.05) is 74.0 Å². The van der Waals surface area contributed by atoms with E-state index in [9.17, 15) is 9.59 Å². The summed E-state index contributed by atoms with van der Waals surface area (Å²) in [5.74, 6) is 0.654. The first-order valence-corrected chi connectivity index (χ1v) is 14.5. The topological polar surface area (TPSA) is 95.3 Å². The van der Waals surface area contributed by atoms with Crippen LogP contribution in [0.1, 0.15) is 47.3 Å². The number of thiophene rings is 1. The molecule has 0 aliphatic carbocycles. The molecular weight excluding hydrogens is 556 g/mol. The smallest absolute Gasteiger partial charge is 0.341 e. The Morgan fingerprint density at radius 1 is 1.15 bits per heavy atom. The number of rotatable bonds is 10. The fourth-order valence-electron chi connectivity index (χ4n) is 3.95. The molecule has 0 bridgehead atoms. The van der Waals surface area contributed by atoms with Crippen LogP contribution in [0, 0.1) is 13.8 Å². The van der Waals surface area contributed by atoms with Gasteiger partial charge in [0.25, 0.3) is 0 Å². The Bertz CT molecular complexity index is 1480. The van der Waals surface area contributed by atoms with Crippen molar-refractivity contribution < 1.29 is 19.1 Å². The molecule has 1 amide bonds. The number of methoxy groups -OCH3 is 1. The first-order chi connectivity index (χ1) is 18.7. The highest BCUT2D eigenvalue weighted by Gasteiger charge is 2.23. The van der Waals surface area contributed by atoms with Crippen LogP contribution in [-0.2, 0) is 16.1 Å². The molecule has 0 aliphatic heterocycles. The number of benzene rings is 2. The highest BCUT2D eigenvalue weighted by molar-refractivity contribution is 7.99. The molecule has 1 atom stereocenters. The molecule has 1 unspecified atom stereocenters. The SMILES string of the molecule is CCn1c(SCC(=O)Nc2scc(-c3ccc(C)cc3)c2C(=O)OC)nnc1C(C)Oc1ccc(Cl)c(C)c1. The van der Waals surface area contributed by atoms with Crippen LogP contribution in [0.15, 0.2) is 53.0 Å². The van der Waals surface area contributed by atoms with E-state index in [1.54, 1.807) is 6.07 Å². The number of halogens is 1. The summed E-state index contributed by atoms with van der Waals surface area (Å²) < 4.78 is 13.0. The molecule has 2 aromatic heterocycles. The second-order valence-corrected chi connectivity index (χ2v) is 11.0. The first kappa shape index (κ1) is 28.7. The Hall–Kier alpha value is -3.34. The molecule has 0 fully saturated rings. The molecule has 0 radical (unpaired) electrons. The number of amides is 1. The van der Waals surface area contributed by atoms with Crippen LogP contribution in [0.3, 0.4) is 0 Å². The lowest BCUT2D eigenvalue weighted by Gasteiger charge is -2.16. The maximum absolute atomic E-state index is 12.9. The minimum Gasteiger partial charge on any atom is -0.483 e. The molecular formula is C28H29ClN4O4S2. The quantitative estimate of drug-likeness (QED) is 0.159. The number of esters is 1. The van der Waals surface area contributed by atoms with Gasteiger partial charge >= 0.3 is 5.97 Å². The van der Waals surface area contributed by atoms with Crippen LogP contribution < -0.4 is 10.1 Å². The maximum atomic E-state index is 12.9. The first-order valence-electron chi connectivity index (χ1n) is 12.3. The summed E-state index contributed by atoms with van der Waals surface area (Å²) in [5, 5.41) is 15.1. The molecule has 204 valence electrons. The maximum Gasteiger partial charge on any atom is 0.341 e. The molecule has 39 heavy (non-hydrogen) atoms. The van der Waals surface area contributed by atoms with Gasteiger partial charge in [-0.05, 0) is 57.0 Å². The molecule has 0 spiro atoms. The predicted octanol–water partition coefficient (Wildman–Crippen LogP) is 6.95. The van der Waals surface area contributed by atoms with Crippen LogP contribution in [0.2, 0.25) is 5.02 Å². The van der Waals surface area contributed by atoms with Crippen molar-refractivity contribution in [1.82, 2.24) is 14.8 Å². The molecule has 2 heterocycles. The molecule has 4 aromatic rings. The van der Waals surface area contributed by atoms with Crippen molar-refractivity contribution in [1.29, 1.82) is 0 Å². The van der Waals surface area contributed by atoms with Gasteiger partial charge in [0.05, 0.1) is 12.9 Å². The summed E-state index contributed by atoms with van der Waals surface area (Å²) in [6, 6.07) is 13.3. The summed E-state index contributed by atoms with van der Waals surface area (Å²) in [5.41, 5.74) is 3.97. The van der Waals surface area contributed by atoms with Crippen molar-refractivity contribution in [3.63, 3.8) is 0 Å². The fraction of sp³-hybridized carbons (Fsp3) is 0.286. The van der Waals surface area contributed by atoms with Crippen LogP contribution >= 0.6 is 34.7 Å². The second-order valence-electron chi connectivity index (χ2n) is 8.80. The molecule has 4 rings (SSSR count). The largest absolute Gasteiger partial charge is 0.483 e. The molecule has 11 heteroatoms. The number of hydrogen-bond acceptors (Lipinski definition) is 8. The highest BCUT2D eigenvalue weighted by atomic mass is 35.5. The van der Waals surface area contributed by atoms with Crippen LogP contribution in [-0.4, -0.2) is 39.5 Å². The number of nitrogens with zero attached hydrogens (tertiary/aromatic N) is 3. The summed E-state index contributed by atoms with van der Waals surface area (Å²) in [7, 11) is 1.33. The summed E-state index contributed by atoms with van der Waals surface area (Å²) >= 11 is 8.68. The van der Waals surface area contributed by atoms with E-state index in [1.165, 1.54) is 30.2 Å². The predicted molar refractivity (Wildman–Crippen MR) is 156 cm³/mol. The van der Waals surface area contributed by atoms with Crippen molar-refractivity contribution in [2.24, 2.45) is 0 Å². The molecule has 8 nitrogen and oxygen atoms in total. The lowest BCUT2D eigenvalue weighted by Crippen LogP contribution is -2.17. The molecule has 0 aliphatic rings. The van der Waals surface area contributed by atoms with Gasteiger partial charge in [0.15, 0.2) is 17.1 Å². The average Bonchev–Trinajstić information content (AvgIpc) is 3.53. The Labute approximate surface area is 240 Å². The molecule has 2 aromatic carbocycles. The number of aromatic nitrogens is 3. The zero-order valence-corrected chi connectivity index (χ0v) is 24.7. The van der Waals surface area contributed by atoms with Gasteiger partial charge in [0.2, 0.25) is 5.91 Å². The molecule has 0 saturated heterocycles. The van der Waals surface area contributed by atoms with Crippen molar-refractivity contribution in [3.8, 4) is 16.9 Å². The summed E-state index contributed by atoms with van der Waals surface area (Å²) in [6.07, 6.45) is -0.366. The van der Waals surface area contributed by atoms with E-state index in [0.29, 0.717) is 38.9 Å². The van der Waals surface area contributed by atoms with Gasteiger partial charge in [0, 0.05) is 22.5 Å². The number of nitrogens with one attached hydrogen (secondary N) is 1. The number of hydrogen-bond donors (Lipinski definition) is 1. The number of anilines is 1. The lowest BCUT2D eigenvalue weighted by molar-refractivity contribution is -0.113. The van der Waals surface area contributed by atoms with Crippen molar-refractivity contribution >= 4 is 51.6 Å². The van der Waals surface area contributed by atoms with E-state index in [0.717, 1.165) is 22.3 Å².